The Bertz CT molecular complexity index is 2400. The second-order valence-electron chi connectivity index (χ2n) is 14.0. The number of nitro benzene ring substituents is 1. The van der Waals surface area contributed by atoms with Crippen molar-refractivity contribution in [1.82, 2.24) is 25.1 Å². The summed E-state index contributed by atoms with van der Waals surface area (Å²) < 4.78 is 31.7. The molecule has 1 atom stereocenters. The van der Waals surface area contributed by atoms with E-state index in [-0.39, 0.29) is 35.6 Å². The van der Waals surface area contributed by atoms with Crippen LogP contribution in [0.3, 0.4) is 0 Å². The number of imide groups is 2. The van der Waals surface area contributed by atoms with Crippen LogP contribution in [0.2, 0.25) is 0 Å². The van der Waals surface area contributed by atoms with Crippen molar-refractivity contribution >= 4 is 57.7 Å². The van der Waals surface area contributed by atoms with Gasteiger partial charge in [0.2, 0.25) is 17.6 Å². The zero-order chi connectivity index (χ0) is 41.3. The molecule has 4 aliphatic heterocycles. The minimum Gasteiger partial charge on any atom is -0.475 e. The van der Waals surface area contributed by atoms with E-state index in [0.717, 1.165) is 53.2 Å². The van der Waals surface area contributed by atoms with E-state index in [1.807, 2.05) is 30.3 Å². The average molecular weight is 799 g/mol. The predicted octanol–water partition coefficient (Wildman–Crippen LogP) is 3.40. The Labute approximate surface area is 327 Å². The van der Waals surface area contributed by atoms with Gasteiger partial charge >= 0.3 is 12.1 Å². The number of carbonyl (C=O) groups excluding carboxylic acids is 4. The number of piperidine rings is 1. The lowest BCUT2D eigenvalue weighted by Gasteiger charge is -2.51. The van der Waals surface area contributed by atoms with Gasteiger partial charge in [-0.25, -0.2) is 14.8 Å². The lowest BCUT2D eigenvalue weighted by molar-refractivity contribution is -0.384. The maximum atomic E-state index is 13.2. The third-order valence-corrected chi connectivity index (χ3v) is 10.2. The molecule has 8 rings (SSSR count). The molecule has 4 amide bonds. The number of likely N-dealkylation sites (tertiary alicyclic amines) is 1. The number of nitrogens with one attached hydrogen (secondary N) is 2. The van der Waals surface area contributed by atoms with Crippen molar-refractivity contribution < 1.29 is 47.2 Å². The predicted molar refractivity (Wildman–Crippen MR) is 200 cm³/mol. The number of fused-ring (bicyclic) bond motifs is 2. The monoisotopic (exact) mass is 798 g/mol. The number of aromatic nitrogens is 2. The first-order valence-electron chi connectivity index (χ1n) is 18.1. The molecule has 3 saturated heterocycles. The highest BCUT2D eigenvalue weighted by atomic mass is 19.4. The van der Waals surface area contributed by atoms with Crippen molar-refractivity contribution in [2.75, 3.05) is 42.9 Å². The number of nitrogens with zero attached hydrogens (tertiary/aromatic N) is 6. The van der Waals surface area contributed by atoms with Crippen molar-refractivity contribution in [2.45, 2.75) is 37.5 Å². The van der Waals surface area contributed by atoms with Gasteiger partial charge in [-0.05, 0) is 54.7 Å². The average Bonchev–Trinajstić information content (AvgIpc) is 3.39. The van der Waals surface area contributed by atoms with Gasteiger partial charge in [0, 0.05) is 74.3 Å². The van der Waals surface area contributed by atoms with Gasteiger partial charge in [0.05, 0.1) is 21.6 Å². The fraction of sp³-hybridized carbons (Fsp3) is 0.308. The summed E-state index contributed by atoms with van der Waals surface area (Å²) in [6.45, 7) is 3.80. The van der Waals surface area contributed by atoms with Crippen LogP contribution in [0, 0.1) is 27.9 Å². The van der Waals surface area contributed by atoms with Gasteiger partial charge < -0.3 is 15.3 Å². The molecule has 0 bridgehead atoms. The van der Waals surface area contributed by atoms with Gasteiger partial charge in [-0.1, -0.05) is 30.2 Å². The number of carboxylic acids is 1. The summed E-state index contributed by atoms with van der Waals surface area (Å²) in [6, 6.07) is 18.9. The number of para-hydroxylation sites is 1. The van der Waals surface area contributed by atoms with Crippen LogP contribution < -0.4 is 15.5 Å². The van der Waals surface area contributed by atoms with Gasteiger partial charge in [0.1, 0.15) is 11.9 Å². The first kappa shape index (κ1) is 39.3. The number of anilines is 2. The summed E-state index contributed by atoms with van der Waals surface area (Å²) in [5.74, 6) is 3.05. The Balaban J connectivity index is 0.000000672. The first-order chi connectivity index (χ1) is 27.7. The fourth-order valence-corrected chi connectivity index (χ4v) is 7.00. The van der Waals surface area contributed by atoms with Crippen molar-refractivity contribution in [3.8, 4) is 11.8 Å². The van der Waals surface area contributed by atoms with E-state index < -0.39 is 46.7 Å². The van der Waals surface area contributed by atoms with E-state index >= 15 is 0 Å². The maximum absolute atomic E-state index is 13.2. The smallest absolute Gasteiger partial charge is 0.475 e. The Morgan fingerprint density at radius 2 is 1.66 bits per heavy atom. The maximum Gasteiger partial charge on any atom is 0.490 e. The van der Waals surface area contributed by atoms with E-state index in [1.165, 1.54) is 12.1 Å². The normalized spacial score (nSPS) is 18.3. The third kappa shape index (κ3) is 8.27. The Kier molecular flexibility index (Phi) is 10.8. The molecule has 58 heavy (non-hydrogen) atoms. The zero-order valence-corrected chi connectivity index (χ0v) is 30.4. The van der Waals surface area contributed by atoms with E-state index in [2.05, 4.69) is 37.3 Å². The third-order valence-electron chi connectivity index (χ3n) is 10.2. The molecule has 0 radical (unpaired) electrons. The molecule has 3 N–H and O–H groups in total. The van der Waals surface area contributed by atoms with Gasteiger partial charge in [-0.3, -0.25) is 44.4 Å². The number of carboxylic acid groups (broad SMARTS) is 1. The van der Waals surface area contributed by atoms with E-state index in [1.54, 1.807) is 24.3 Å². The van der Waals surface area contributed by atoms with E-state index in [0.29, 0.717) is 30.6 Å². The molecule has 3 aromatic carbocycles. The summed E-state index contributed by atoms with van der Waals surface area (Å²) in [5, 5.41) is 24.6. The standard InChI is InChI=1S/C37H32N8O6.C2HF3O2/c46-33-14-12-31(35(47)41-33)44-36(48)27-11-10-25(17-29(27)37(44)49)43-20-26(21-43)42-18-23(19-42)7-13-32-39-30-4-2-1-3-28(30)34(40-32)38-16-15-22-5-8-24(9-6-22)45(50)51;3-2(4,5)1(6)7/h1-6,8-11,17,23,26,31H,12,14-16,18-21H2,(H,38,39,40)(H,41,46,47);(H,6,7). The van der Waals surface area contributed by atoms with Crippen molar-refractivity contribution in [1.29, 1.82) is 0 Å². The Hall–Kier alpha value is -6.94. The lowest BCUT2D eigenvalue weighted by atomic mass is 9.94. The van der Waals surface area contributed by atoms with Gasteiger partial charge in [0.25, 0.3) is 17.5 Å². The minimum atomic E-state index is -5.08. The fourth-order valence-electron chi connectivity index (χ4n) is 7.00. The quantitative estimate of drug-likeness (QED) is 0.101. The highest BCUT2D eigenvalue weighted by molar-refractivity contribution is 6.23. The molecule has 19 heteroatoms. The summed E-state index contributed by atoms with van der Waals surface area (Å²) in [7, 11) is 0. The van der Waals surface area contributed by atoms with Crippen LogP contribution in [-0.4, -0.2) is 110 Å². The Morgan fingerprint density at radius 3 is 2.33 bits per heavy atom. The molecular formula is C39H33F3N8O8. The highest BCUT2D eigenvalue weighted by Gasteiger charge is 2.45. The zero-order valence-electron chi connectivity index (χ0n) is 30.4. The van der Waals surface area contributed by atoms with Crippen LogP contribution in [0.5, 0.6) is 0 Å². The number of hydrogen-bond donors (Lipinski definition) is 3. The highest BCUT2D eigenvalue weighted by Crippen LogP contribution is 2.34. The molecular weight excluding hydrogens is 765 g/mol. The molecule has 4 aliphatic rings. The molecule has 0 aliphatic carbocycles. The van der Waals surface area contributed by atoms with Gasteiger partial charge in [-0.15, -0.1) is 0 Å². The Morgan fingerprint density at radius 1 is 0.966 bits per heavy atom. The minimum absolute atomic E-state index is 0.0668. The number of carbonyl (C=O) groups is 5. The number of hydrogen-bond acceptors (Lipinski definition) is 12. The SMILES string of the molecule is O=C(O)C(F)(F)F.O=C1CCC(N2C(=O)c3ccc(N4CC(N5CC(C#Cc6nc(NCCc7ccc([N+](=O)[O-])cc7)c7ccccc7n6)C5)C4)cc3C2=O)C(=O)N1. The number of aliphatic carboxylic acids is 1. The molecule has 16 nitrogen and oxygen atoms in total. The number of non-ortho nitro benzene ring substituents is 1. The molecule has 0 spiro atoms. The number of halogens is 3. The first-order valence-corrected chi connectivity index (χ1v) is 18.1. The van der Waals surface area contributed by atoms with Crippen molar-refractivity contribution in [2.24, 2.45) is 5.92 Å². The molecule has 3 fully saturated rings. The molecule has 1 aromatic heterocycles. The van der Waals surface area contributed by atoms with Crippen molar-refractivity contribution in [3.63, 3.8) is 0 Å². The summed E-state index contributed by atoms with van der Waals surface area (Å²) in [5.41, 5.74) is 3.24. The number of amides is 4. The number of benzene rings is 3. The van der Waals surface area contributed by atoms with Crippen LogP contribution in [0.25, 0.3) is 10.9 Å². The van der Waals surface area contributed by atoms with E-state index in [9.17, 15) is 42.5 Å². The van der Waals surface area contributed by atoms with Gasteiger partial charge in [0.15, 0.2) is 0 Å². The lowest BCUT2D eigenvalue weighted by Crippen LogP contribution is -2.65. The number of rotatable bonds is 8. The summed E-state index contributed by atoms with van der Waals surface area (Å²) >= 11 is 0. The molecule has 1 unspecified atom stereocenters. The molecule has 5 heterocycles. The topological polar surface area (TPSA) is 208 Å². The van der Waals surface area contributed by atoms with Crippen LogP contribution in [-0.2, 0) is 20.8 Å². The van der Waals surface area contributed by atoms with Gasteiger partial charge in [-0.2, -0.15) is 13.2 Å². The largest absolute Gasteiger partial charge is 0.490 e. The summed E-state index contributed by atoms with van der Waals surface area (Å²) in [4.78, 5) is 84.5. The van der Waals surface area contributed by atoms with Crippen molar-refractivity contribution in [3.05, 3.63) is 99.4 Å². The van der Waals surface area contributed by atoms with Crippen LogP contribution in [0.4, 0.5) is 30.4 Å². The number of alkyl halides is 3. The van der Waals surface area contributed by atoms with Crippen LogP contribution in [0.1, 0.15) is 44.9 Å². The summed E-state index contributed by atoms with van der Waals surface area (Å²) in [6.07, 6.45) is -4.21. The van der Waals surface area contributed by atoms with E-state index in [4.69, 9.17) is 14.9 Å². The molecule has 0 saturated carbocycles. The second-order valence-corrected chi connectivity index (χ2v) is 14.0. The molecule has 298 valence electrons. The number of nitro groups is 1. The van der Waals surface area contributed by atoms with Crippen LogP contribution >= 0.6 is 0 Å². The molecule has 4 aromatic rings. The second kappa shape index (κ2) is 15.9. The van der Waals surface area contributed by atoms with Crippen LogP contribution in [0.15, 0.2) is 66.7 Å².